The van der Waals surface area contributed by atoms with Crippen molar-refractivity contribution in [2.24, 2.45) is 11.8 Å². The van der Waals surface area contributed by atoms with Gasteiger partial charge in [0.05, 0.1) is 5.56 Å². The molecule has 2 atom stereocenters. The second kappa shape index (κ2) is 4.70. The Bertz CT molecular complexity index is 406. The molecule has 2 saturated heterocycles. The third-order valence-corrected chi connectivity index (χ3v) is 3.86. The summed E-state index contributed by atoms with van der Waals surface area (Å²) in [5, 5.41) is 3.39. The molecule has 2 fully saturated rings. The third kappa shape index (κ3) is 2.07. The maximum absolute atomic E-state index is 12.2. The molecule has 1 amide bonds. The van der Waals surface area contributed by atoms with Crippen molar-refractivity contribution in [1.82, 2.24) is 15.2 Å². The number of nitrogens with zero attached hydrogens (tertiary/aromatic N) is 1. The Morgan fingerprint density at radius 3 is 2.53 bits per heavy atom. The molecule has 0 spiro atoms. The molecule has 2 aliphatic heterocycles. The lowest BCUT2D eigenvalue weighted by Gasteiger charge is -2.17. The highest BCUT2D eigenvalue weighted by Gasteiger charge is 2.38. The van der Waals surface area contributed by atoms with Crippen molar-refractivity contribution in [1.29, 1.82) is 0 Å². The Morgan fingerprint density at radius 1 is 1.35 bits per heavy atom. The molecule has 0 aliphatic carbocycles. The molecule has 0 aromatic carbocycles. The van der Waals surface area contributed by atoms with Crippen LogP contribution < -0.4 is 5.32 Å². The minimum Gasteiger partial charge on any atom is -0.365 e. The van der Waals surface area contributed by atoms with Crippen molar-refractivity contribution in [3.05, 3.63) is 23.5 Å². The lowest BCUT2D eigenvalue weighted by Crippen LogP contribution is -2.32. The van der Waals surface area contributed by atoms with Crippen LogP contribution in [0.3, 0.4) is 0 Å². The highest BCUT2D eigenvalue weighted by atomic mass is 35.5. The number of aromatic amines is 1. The van der Waals surface area contributed by atoms with Gasteiger partial charge in [0.15, 0.2) is 0 Å². The van der Waals surface area contributed by atoms with E-state index >= 15 is 0 Å². The van der Waals surface area contributed by atoms with Gasteiger partial charge in [-0.25, -0.2) is 0 Å². The highest BCUT2D eigenvalue weighted by Crippen LogP contribution is 2.27. The van der Waals surface area contributed by atoms with Gasteiger partial charge >= 0.3 is 0 Å². The molecule has 3 heterocycles. The molecule has 3 rings (SSSR count). The average Bonchev–Trinajstić information content (AvgIpc) is 2.89. The van der Waals surface area contributed by atoms with E-state index in [9.17, 15) is 4.79 Å². The Morgan fingerprint density at radius 2 is 2.00 bits per heavy atom. The molecule has 94 valence electrons. The molecule has 0 unspecified atom stereocenters. The average molecular weight is 256 g/mol. The number of halogens is 1. The normalized spacial score (nSPS) is 26.8. The lowest BCUT2D eigenvalue weighted by molar-refractivity contribution is 0.0781. The molecule has 1 aromatic heterocycles. The monoisotopic (exact) mass is 255 g/mol. The molecule has 0 radical (unpaired) electrons. The summed E-state index contributed by atoms with van der Waals surface area (Å²) in [5.41, 5.74) is 1.80. The number of aromatic nitrogens is 1. The second-order valence-corrected chi connectivity index (χ2v) is 4.90. The van der Waals surface area contributed by atoms with Crippen LogP contribution in [0.15, 0.2) is 12.3 Å². The predicted octanol–water partition coefficient (Wildman–Crippen LogP) is 1.04. The molecule has 2 N–H and O–H groups in total. The minimum absolute atomic E-state index is 0. The van der Waals surface area contributed by atoms with Gasteiger partial charge in [-0.3, -0.25) is 4.79 Å². The number of aryl methyl sites for hydroxylation is 1. The zero-order valence-corrected chi connectivity index (χ0v) is 10.7. The molecule has 17 heavy (non-hydrogen) atoms. The minimum atomic E-state index is 0. The van der Waals surface area contributed by atoms with Gasteiger partial charge in [0, 0.05) is 38.1 Å². The smallest absolute Gasteiger partial charge is 0.255 e. The summed E-state index contributed by atoms with van der Waals surface area (Å²) in [4.78, 5) is 17.3. The van der Waals surface area contributed by atoms with Crippen molar-refractivity contribution >= 4 is 18.3 Å². The summed E-state index contributed by atoms with van der Waals surface area (Å²) in [5.74, 6) is 1.53. The fourth-order valence-electron chi connectivity index (χ4n) is 2.88. The first kappa shape index (κ1) is 12.5. The van der Waals surface area contributed by atoms with Crippen molar-refractivity contribution in [2.45, 2.75) is 6.92 Å². The van der Waals surface area contributed by atoms with E-state index in [1.807, 2.05) is 24.1 Å². The molecule has 4 nitrogen and oxygen atoms in total. The number of carbonyl (C=O) groups excluding carboxylic acids is 1. The van der Waals surface area contributed by atoms with Crippen molar-refractivity contribution in [3.8, 4) is 0 Å². The van der Waals surface area contributed by atoms with E-state index in [0.717, 1.165) is 37.4 Å². The number of hydrogen-bond donors (Lipinski definition) is 2. The second-order valence-electron chi connectivity index (χ2n) is 4.90. The number of H-pyrrole nitrogens is 1. The number of rotatable bonds is 1. The Labute approximate surface area is 107 Å². The molecule has 5 heteroatoms. The number of fused-ring (bicyclic) bond motifs is 1. The van der Waals surface area contributed by atoms with Crippen LogP contribution in [0.2, 0.25) is 0 Å². The van der Waals surface area contributed by atoms with Crippen LogP contribution in [0, 0.1) is 18.8 Å². The first-order valence-electron chi connectivity index (χ1n) is 5.89. The van der Waals surface area contributed by atoms with Gasteiger partial charge in [-0.05, 0) is 24.8 Å². The summed E-state index contributed by atoms with van der Waals surface area (Å²) in [6.07, 6.45) is 1.83. The summed E-state index contributed by atoms with van der Waals surface area (Å²) in [6.45, 7) is 5.93. The van der Waals surface area contributed by atoms with Gasteiger partial charge in [0.2, 0.25) is 0 Å². The Balaban J connectivity index is 0.00000108. The van der Waals surface area contributed by atoms with Crippen LogP contribution in [0.5, 0.6) is 0 Å². The van der Waals surface area contributed by atoms with Crippen molar-refractivity contribution in [2.75, 3.05) is 26.2 Å². The van der Waals surface area contributed by atoms with Gasteiger partial charge in [-0.1, -0.05) is 0 Å². The van der Waals surface area contributed by atoms with E-state index in [-0.39, 0.29) is 18.3 Å². The molecule has 2 aliphatic rings. The van der Waals surface area contributed by atoms with Crippen LogP contribution in [-0.4, -0.2) is 42.0 Å². The summed E-state index contributed by atoms with van der Waals surface area (Å²) in [7, 11) is 0. The quantitative estimate of drug-likeness (QED) is 0.788. The standard InChI is InChI=1S/C12H17N3O.ClH/c1-8-11(2-3-14-8)12(16)15-6-9-4-13-5-10(9)7-15;/h2-3,9-10,13-14H,4-7H2,1H3;1H/t9-,10+;. The van der Waals surface area contributed by atoms with Crippen molar-refractivity contribution < 1.29 is 4.79 Å². The summed E-state index contributed by atoms with van der Waals surface area (Å²) in [6, 6.07) is 1.88. The van der Waals surface area contributed by atoms with E-state index in [1.54, 1.807) is 0 Å². The zero-order chi connectivity index (χ0) is 11.1. The van der Waals surface area contributed by atoms with Gasteiger partial charge < -0.3 is 15.2 Å². The van der Waals surface area contributed by atoms with Crippen molar-refractivity contribution in [3.63, 3.8) is 0 Å². The number of nitrogens with one attached hydrogen (secondary N) is 2. The van der Waals surface area contributed by atoms with Gasteiger partial charge in [-0.2, -0.15) is 0 Å². The van der Waals surface area contributed by atoms with Gasteiger partial charge in [0.25, 0.3) is 5.91 Å². The maximum Gasteiger partial charge on any atom is 0.255 e. The lowest BCUT2D eigenvalue weighted by atomic mass is 10.0. The van der Waals surface area contributed by atoms with Crippen LogP contribution in [-0.2, 0) is 0 Å². The first-order valence-corrected chi connectivity index (χ1v) is 5.89. The Kier molecular flexibility index (Phi) is 3.45. The van der Waals surface area contributed by atoms with E-state index in [4.69, 9.17) is 0 Å². The van der Waals surface area contributed by atoms with Crippen LogP contribution in [0.25, 0.3) is 0 Å². The largest absolute Gasteiger partial charge is 0.365 e. The van der Waals surface area contributed by atoms with Gasteiger partial charge in [0.1, 0.15) is 0 Å². The fraction of sp³-hybridized carbons (Fsp3) is 0.583. The number of likely N-dealkylation sites (tertiary alicyclic amines) is 1. The molecule has 1 aromatic rings. The molecule has 0 bridgehead atoms. The van der Waals surface area contributed by atoms with Gasteiger partial charge in [-0.15, -0.1) is 12.4 Å². The van der Waals surface area contributed by atoms with E-state index < -0.39 is 0 Å². The highest BCUT2D eigenvalue weighted by molar-refractivity contribution is 5.95. The molecular formula is C12H18ClN3O. The molecule has 0 saturated carbocycles. The number of carbonyl (C=O) groups is 1. The van der Waals surface area contributed by atoms with E-state index in [1.165, 1.54) is 0 Å². The summed E-state index contributed by atoms with van der Waals surface area (Å²) < 4.78 is 0. The van der Waals surface area contributed by atoms with Crippen LogP contribution in [0.1, 0.15) is 16.1 Å². The third-order valence-electron chi connectivity index (χ3n) is 3.86. The number of hydrogen-bond acceptors (Lipinski definition) is 2. The molecular weight excluding hydrogens is 238 g/mol. The van der Waals surface area contributed by atoms with E-state index in [0.29, 0.717) is 11.8 Å². The SMILES string of the molecule is Cc1[nH]ccc1C(=O)N1C[C@H]2CNC[C@H]2C1.Cl. The summed E-state index contributed by atoms with van der Waals surface area (Å²) >= 11 is 0. The number of amides is 1. The van der Waals surface area contributed by atoms with Crippen LogP contribution in [0.4, 0.5) is 0 Å². The Hall–Kier alpha value is -1.00. The van der Waals surface area contributed by atoms with Crippen LogP contribution >= 0.6 is 12.4 Å². The van der Waals surface area contributed by atoms with E-state index in [2.05, 4.69) is 10.3 Å². The fourth-order valence-corrected chi connectivity index (χ4v) is 2.88. The predicted molar refractivity (Wildman–Crippen MR) is 68.5 cm³/mol. The maximum atomic E-state index is 12.2. The topological polar surface area (TPSA) is 48.1 Å². The zero-order valence-electron chi connectivity index (χ0n) is 9.90. The first-order chi connectivity index (χ1) is 7.75.